The number of aryl methyl sites for hydroxylation is 1. The molecule has 0 aliphatic carbocycles. The van der Waals surface area contributed by atoms with E-state index in [1.165, 1.54) is 4.90 Å². The van der Waals surface area contributed by atoms with Crippen LogP contribution in [0.5, 0.6) is 5.75 Å². The Morgan fingerprint density at radius 1 is 1.19 bits per heavy atom. The number of nitrogens with two attached hydrogens (primary N) is 1. The quantitative estimate of drug-likeness (QED) is 0.735. The summed E-state index contributed by atoms with van der Waals surface area (Å²) in [6.07, 6.45) is 3.47. The Morgan fingerprint density at radius 3 is 2.54 bits per heavy atom. The molecule has 3 aromatic rings. The second-order valence-corrected chi connectivity index (χ2v) is 5.81. The normalized spacial score (nSPS) is 10.6. The SMILES string of the molecule is CN(C(=O)c1ccc(-c2ccn(C)n2)cc1)c1ccc(OCCN)cn1. The second-order valence-electron chi connectivity index (χ2n) is 5.81. The molecule has 2 aromatic heterocycles. The van der Waals surface area contributed by atoms with Crippen LogP contribution in [0.15, 0.2) is 54.9 Å². The molecule has 0 radical (unpaired) electrons. The fourth-order valence-electron chi connectivity index (χ4n) is 2.48. The van der Waals surface area contributed by atoms with Gasteiger partial charge in [-0.3, -0.25) is 14.4 Å². The van der Waals surface area contributed by atoms with Gasteiger partial charge in [0.1, 0.15) is 18.2 Å². The summed E-state index contributed by atoms with van der Waals surface area (Å²) >= 11 is 0. The zero-order valence-electron chi connectivity index (χ0n) is 14.8. The van der Waals surface area contributed by atoms with Crippen molar-refractivity contribution in [2.24, 2.45) is 12.8 Å². The standard InChI is InChI=1S/C19H21N5O2/c1-23-11-9-17(22-23)14-3-5-15(6-4-14)19(25)24(2)18-8-7-16(13-21-18)26-12-10-20/h3-9,11,13H,10,12,20H2,1-2H3. The number of rotatable bonds is 6. The summed E-state index contributed by atoms with van der Waals surface area (Å²) in [4.78, 5) is 18.4. The van der Waals surface area contributed by atoms with Gasteiger partial charge in [-0.05, 0) is 30.3 Å². The number of aromatic nitrogens is 3. The molecule has 7 nitrogen and oxygen atoms in total. The highest BCUT2D eigenvalue weighted by Crippen LogP contribution is 2.20. The van der Waals surface area contributed by atoms with Gasteiger partial charge in [-0.1, -0.05) is 12.1 Å². The third-order valence-corrected chi connectivity index (χ3v) is 3.90. The van der Waals surface area contributed by atoms with Crippen LogP contribution in [0.1, 0.15) is 10.4 Å². The number of carbonyl (C=O) groups is 1. The maximum atomic E-state index is 12.7. The van der Waals surface area contributed by atoms with Crippen LogP contribution in [-0.2, 0) is 7.05 Å². The summed E-state index contributed by atoms with van der Waals surface area (Å²) in [7, 11) is 3.56. The molecule has 26 heavy (non-hydrogen) atoms. The molecule has 0 fully saturated rings. The highest BCUT2D eigenvalue weighted by Gasteiger charge is 2.15. The van der Waals surface area contributed by atoms with Gasteiger partial charge in [0.15, 0.2) is 0 Å². The zero-order chi connectivity index (χ0) is 18.5. The second kappa shape index (κ2) is 7.79. The van der Waals surface area contributed by atoms with Crippen LogP contribution < -0.4 is 15.4 Å². The van der Waals surface area contributed by atoms with Crippen molar-refractivity contribution in [1.29, 1.82) is 0 Å². The van der Waals surface area contributed by atoms with Gasteiger partial charge in [0.05, 0.1) is 11.9 Å². The lowest BCUT2D eigenvalue weighted by Gasteiger charge is -2.17. The van der Waals surface area contributed by atoms with Crippen LogP contribution in [0.4, 0.5) is 5.82 Å². The van der Waals surface area contributed by atoms with Crippen molar-refractivity contribution >= 4 is 11.7 Å². The fourth-order valence-corrected chi connectivity index (χ4v) is 2.48. The van der Waals surface area contributed by atoms with E-state index in [0.717, 1.165) is 11.3 Å². The Kier molecular flexibility index (Phi) is 5.28. The highest BCUT2D eigenvalue weighted by molar-refractivity contribution is 6.05. The fraction of sp³-hybridized carbons (Fsp3) is 0.211. The molecule has 3 rings (SSSR count). The lowest BCUT2D eigenvalue weighted by molar-refractivity contribution is 0.0992. The van der Waals surface area contributed by atoms with Gasteiger partial charge in [-0.25, -0.2) is 4.98 Å². The Bertz CT molecular complexity index is 872. The van der Waals surface area contributed by atoms with Gasteiger partial charge in [-0.15, -0.1) is 0 Å². The van der Waals surface area contributed by atoms with Crippen LogP contribution in [-0.4, -0.2) is 40.9 Å². The number of hydrogen-bond acceptors (Lipinski definition) is 5. The number of carbonyl (C=O) groups excluding carboxylic acids is 1. The van der Waals surface area contributed by atoms with E-state index in [1.54, 1.807) is 42.2 Å². The number of nitrogens with zero attached hydrogens (tertiary/aromatic N) is 4. The molecule has 134 valence electrons. The first-order chi connectivity index (χ1) is 12.6. The highest BCUT2D eigenvalue weighted by atomic mass is 16.5. The maximum absolute atomic E-state index is 12.7. The topological polar surface area (TPSA) is 86.3 Å². The minimum atomic E-state index is -0.138. The number of benzene rings is 1. The summed E-state index contributed by atoms with van der Waals surface area (Å²) in [6.45, 7) is 0.868. The number of ether oxygens (including phenoxy) is 1. The van der Waals surface area contributed by atoms with Crippen LogP contribution >= 0.6 is 0 Å². The summed E-state index contributed by atoms with van der Waals surface area (Å²) in [5.74, 6) is 1.03. The lowest BCUT2D eigenvalue weighted by atomic mass is 10.1. The average Bonchev–Trinajstić information content (AvgIpc) is 3.12. The van der Waals surface area contributed by atoms with E-state index >= 15 is 0 Å². The summed E-state index contributed by atoms with van der Waals surface area (Å²) in [5.41, 5.74) is 7.82. The first-order valence-corrected chi connectivity index (χ1v) is 8.25. The molecule has 0 aliphatic rings. The monoisotopic (exact) mass is 351 g/mol. The smallest absolute Gasteiger partial charge is 0.259 e. The van der Waals surface area contributed by atoms with E-state index < -0.39 is 0 Å². The van der Waals surface area contributed by atoms with Crippen molar-refractivity contribution in [2.45, 2.75) is 0 Å². The number of anilines is 1. The van der Waals surface area contributed by atoms with E-state index in [1.807, 2.05) is 31.4 Å². The molecule has 0 aliphatic heterocycles. The Balaban J connectivity index is 1.71. The molecule has 0 saturated carbocycles. The third-order valence-electron chi connectivity index (χ3n) is 3.90. The first-order valence-electron chi connectivity index (χ1n) is 8.25. The van der Waals surface area contributed by atoms with Crippen molar-refractivity contribution in [3.8, 4) is 17.0 Å². The van der Waals surface area contributed by atoms with Crippen molar-refractivity contribution < 1.29 is 9.53 Å². The third kappa shape index (κ3) is 3.89. The molecule has 0 bridgehead atoms. The van der Waals surface area contributed by atoms with E-state index in [0.29, 0.717) is 30.3 Å². The van der Waals surface area contributed by atoms with E-state index in [2.05, 4.69) is 10.1 Å². The van der Waals surface area contributed by atoms with Gasteiger partial charge in [0.2, 0.25) is 0 Å². The predicted molar refractivity (Wildman–Crippen MR) is 100 cm³/mol. The van der Waals surface area contributed by atoms with Gasteiger partial charge >= 0.3 is 0 Å². The molecule has 7 heteroatoms. The molecule has 1 amide bonds. The van der Waals surface area contributed by atoms with Crippen LogP contribution in [0.25, 0.3) is 11.3 Å². The van der Waals surface area contributed by atoms with Crippen molar-refractivity contribution in [3.63, 3.8) is 0 Å². The average molecular weight is 351 g/mol. The predicted octanol–water partition coefficient (Wildman–Crippen LogP) is 2.10. The van der Waals surface area contributed by atoms with Crippen LogP contribution in [0.3, 0.4) is 0 Å². The van der Waals surface area contributed by atoms with Gasteiger partial charge in [0, 0.05) is 38.0 Å². The molecule has 2 N–H and O–H groups in total. The molecular weight excluding hydrogens is 330 g/mol. The minimum absolute atomic E-state index is 0.138. The van der Waals surface area contributed by atoms with E-state index in [-0.39, 0.29) is 5.91 Å². The number of hydrogen-bond donors (Lipinski definition) is 1. The van der Waals surface area contributed by atoms with E-state index in [9.17, 15) is 4.79 Å². The summed E-state index contributed by atoms with van der Waals surface area (Å²) in [6, 6.07) is 12.8. The van der Waals surface area contributed by atoms with Crippen molar-refractivity contribution in [2.75, 3.05) is 25.1 Å². The molecule has 1 aromatic carbocycles. The number of amides is 1. The molecule has 0 spiro atoms. The molecule has 0 atom stereocenters. The van der Waals surface area contributed by atoms with E-state index in [4.69, 9.17) is 10.5 Å². The van der Waals surface area contributed by atoms with Crippen LogP contribution in [0, 0.1) is 0 Å². The summed E-state index contributed by atoms with van der Waals surface area (Å²) < 4.78 is 7.14. The first kappa shape index (κ1) is 17.6. The summed E-state index contributed by atoms with van der Waals surface area (Å²) in [5, 5.41) is 4.36. The molecule has 2 heterocycles. The largest absolute Gasteiger partial charge is 0.491 e. The Hall–Kier alpha value is -3.19. The van der Waals surface area contributed by atoms with Crippen molar-refractivity contribution in [1.82, 2.24) is 14.8 Å². The molecule has 0 saturated heterocycles. The number of pyridine rings is 1. The van der Waals surface area contributed by atoms with Gasteiger partial charge < -0.3 is 10.5 Å². The maximum Gasteiger partial charge on any atom is 0.259 e. The van der Waals surface area contributed by atoms with Crippen LogP contribution in [0.2, 0.25) is 0 Å². The van der Waals surface area contributed by atoms with Gasteiger partial charge in [0.25, 0.3) is 5.91 Å². The minimum Gasteiger partial charge on any atom is -0.491 e. The van der Waals surface area contributed by atoms with Crippen molar-refractivity contribution in [3.05, 3.63) is 60.4 Å². The van der Waals surface area contributed by atoms with Gasteiger partial charge in [-0.2, -0.15) is 5.10 Å². The molecule has 0 unspecified atom stereocenters. The Morgan fingerprint density at radius 2 is 1.96 bits per heavy atom. The lowest BCUT2D eigenvalue weighted by Crippen LogP contribution is -2.27. The Labute approximate surface area is 152 Å². The zero-order valence-corrected chi connectivity index (χ0v) is 14.8. The molecular formula is C19H21N5O2.